The van der Waals surface area contributed by atoms with Gasteiger partial charge in [0.2, 0.25) is 0 Å². The quantitative estimate of drug-likeness (QED) is 0.788. The highest BCUT2D eigenvalue weighted by molar-refractivity contribution is 5.08. The summed E-state index contributed by atoms with van der Waals surface area (Å²) in [7, 11) is 0. The van der Waals surface area contributed by atoms with E-state index in [2.05, 4.69) is 20.9 Å². The van der Waals surface area contributed by atoms with Crippen LogP contribution >= 0.6 is 0 Å². The average molecular weight is 221 g/mol. The molecule has 1 saturated heterocycles. The Kier molecular flexibility index (Phi) is 4.27. The van der Waals surface area contributed by atoms with Crippen LogP contribution < -0.4 is 0 Å². The van der Waals surface area contributed by atoms with Crippen molar-refractivity contribution in [2.75, 3.05) is 39.3 Å². The standard InChI is InChI=1S/C12H19N3O/c16-9-8-14-4-6-15(7-5-14)11-12-2-1-3-13-10-12/h1-3,10,16H,4-9,11H2. The topological polar surface area (TPSA) is 39.6 Å². The van der Waals surface area contributed by atoms with E-state index in [4.69, 9.17) is 5.11 Å². The van der Waals surface area contributed by atoms with Gasteiger partial charge in [0.15, 0.2) is 0 Å². The van der Waals surface area contributed by atoms with Crippen molar-refractivity contribution in [1.82, 2.24) is 14.8 Å². The van der Waals surface area contributed by atoms with E-state index in [9.17, 15) is 0 Å². The number of pyridine rings is 1. The van der Waals surface area contributed by atoms with Gasteiger partial charge in [0.25, 0.3) is 0 Å². The second-order valence-corrected chi connectivity index (χ2v) is 4.20. The van der Waals surface area contributed by atoms with Crippen molar-refractivity contribution < 1.29 is 5.11 Å². The zero-order valence-corrected chi connectivity index (χ0v) is 9.55. The third kappa shape index (κ3) is 3.27. The van der Waals surface area contributed by atoms with Gasteiger partial charge in [-0.05, 0) is 11.6 Å². The molecule has 0 unspecified atom stereocenters. The average Bonchev–Trinajstić information content (AvgIpc) is 2.33. The van der Waals surface area contributed by atoms with Gasteiger partial charge in [0, 0.05) is 51.7 Å². The van der Waals surface area contributed by atoms with Crippen LogP contribution in [0.2, 0.25) is 0 Å². The predicted molar refractivity (Wildman–Crippen MR) is 63.0 cm³/mol. The van der Waals surface area contributed by atoms with Crippen molar-refractivity contribution in [3.05, 3.63) is 30.1 Å². The molecule has 16 heavy (non-hydrogen) atoms. The summed E-state index contributed by atoms with van der Waals surface area (Å²) in [4.78, 5) is 8.87. The number of piperazine rings is 1. The summed E-state index contributed by atoms with van der Waals surface area (Å²) in [6.45, 7) is 6.33. The molecule has 1 aliphatic rings. The SMILES string of the molecule is OCCN1CCN(Cc2cccnc2)CC1. The van der Waals surface area contributed by atoms with Crippen LogP contribution in [-0.2, 0) is 6.54 Å². The number of rotatable bonds is 4. The fourth-order valence-corrected chi connectivity index (χ4v) is 2.06. The summed E-state index contributed by atoms with van der Waals surface area (Å²) in [5.41, 5.74) is 1.28. The Labute approximate surface area is 96.5 Å². The van der Waals surface area contributed by atoms with Gasteiger partial charge >= 0.3 is 0 Å². The van der Waals surface area contributed by atoms with Crippen LogP contribution in [0.5, 0.6) is 0 Å². The van der Waals surface area contributed by atoms with Crippen molar-refractivity contribution in [2.24, 2.45) is 0 Å². The number of aliphatic hydroxyl groups excluding tert-OH is 1. The molecule has 1 aromatic heterocycles. The van der Waals surface area contributed by atoms with Gasteiger partial charge < -0.3 is 5.11 Å². The molecule has 0 radical (unpaired) electrons. The molecule has 1 N–H and O–H groups in total. The maximum absolute atomic E-state index is 8.86. The monoisotopic (exact) mass is 221 g/mol. The van der Waals surface area contributed by atoms with Crippen molar-refractivity contribution >= 4 is 0 Å². The van der Waals surface area contributed by atoms with Crippen LogP contribution in [-0.4, -0.2) is 59.2 Å². The molecule has 0 atom stereocenters. The second-order valence-electron chi connectivity index (χ2n) is 4.20. The highest BCUT2D eigenvalue weighted by Crippen LogP contribution is 2.06. The van der Waals surface area contributed by atoms with E-state index in [-0.39, 0.29) is 6.61 Å². The van der Waals surface area contributed by atoms with E-state index in [1.807, 2.05) is 18.5 Å². The van der Waals surface area contributed by atoms with Crippen LogP contribution in [0.1, 0.15) is 5.56 Å². The first-order valence-corrected chi connectivity index (χ1v) is 5.83. The number of aliphatic hydroxyl groups is 1. The summed E-state index contributed by atoms with van der Waals surface area (Å²) < 4.78 is 0. The largest absolute Gasteiger partial charge is 0.395 e. The predicted octanol–water partition coefficient (Wildman–Crippen LogP) is 0.191. The molecular formula is C12H19N3O. The number of hydrogen-bond donors (Lipinski definition) is 1. The Morgan fingerprint density at radius 2 is 1.94 bits per heavy atom. The summed E-state index contributed by atoms with van der Waals surface area (Å²) >= 11 is 0. The lowest BCUT2D eigenvalue weighted by Gasteiger charge is -2.34. The number of nitrogens with zero attached hydrogens (tertiary/aromatic N) is 3. The lowest BCUT2D eigenvalue weighted by atomic mass is 10.2. The first-order chi connectivity index (χ1) is 7.88. The molecule has 2 rings (SSSR count). The van der Waals surface area contributed by atoms with Crippen molar-refractivity contribution in [1.29, 1.82) is 0 Å². The van der Waals surface area contributed by atoms with Crippen molar-refractivity contribution in [2.45, 2.75) is 6.54 Å². The van der Waals surface area contributed by atoms with Crippen LogP contribution in [0.15, 0.2) is 24.5 Å². The highest BCUT2D eigenvalue weighted by Gasteiger charge is 2.15. The van der Waals surface area contributed by atoms with E-state index in [1.54, 1.807) is 0 Å². The normalized spacial score (nSPS) is 18.8. The van der Waals surface area contributed by atoms with Crippen molar-refractivity contribution in [3.63, 3.8) is 0 Å². The van der Waals surface area contributed by atoms with Gasteiger partial charge in [-0.2, -0.15) is 0 Å². The summed E-state index contributed by atoms with van der Waals surface area (Å²) in [5.74, 6) is 0. The van der Waals surface area contributed by atoms with E-state index in [0.717, 1.165) is 39.3 Å². The Bertz CT molecular complexity index is 296. The highest BCUT2D eigenvalue weighted by atomic mass is 16.3. The molecule has 1 fully saturated rings. The summed E-state index contributed by atoms with van der Waals surface area (Å²) in [6, 6.07) is 4.10. The molecule has 0 amide bonds. The minimum atomic E-state index is 0.266. The Balaban J connectivity index is 1.77. The van der Waals surface area contributed by atoms with Gasteiger partial charge in [0.1, 0.15) is 0 Å². The Morgan fingerprint density at radius 1 is 1.19 bits per heavy atom. The molecule has 4 nitrogen and oxygen atoms in total. The minimum absolute atomic E-state index is 0.266. The van der Waals surface area contributed by atoms with Crippen LogP contribution in [0.25, 0.3) is 0 Å². The molecule has 0 aliphatic carbocycles. The van der Waals surface area contributed by atoms with E-state index in [1.165, 1.54) is 5.56 Å². The molecule has 0 aromatic carbocycles. The fourth-order valence-electron chi connectivity index (χ4n) is 2.06. The second kappa shape index (κ2) is 5.94. The molecule has 88 valence electrons. The number of aromatic nitrogens is 1. The molecule has 4 heteroatoms. The number of β-amino-alcohol motifs (C(OH)–C–C–N with tert-alkyl or cyclic N) is 1. The molecule has 0 spiro atoms. The van der Waals surface area contributed by atoms with Gasteiger partial charge in [-0.3, -0.25) is 14.8 Å². The zero-order valence-electron chi connectivity index (χ0n) is 9.55. The molecular weight excluding hydrogens is 202 g/mol. The van der Waals surface area contributed by atoms with Gasteiger partial charge in [-0.25, -0.2) is 0 Å². The van der Waals surface area contributed by atoms with Gasteiger partial charge in [-0.1, -0.05) is 6.07 Å². The fraction of sp³-hybridized carbons (Fsp3) is 0.583. The molecule has 0 saturated carbocycles. The first-order valence-electron chi connectivity index (χ1n) is 5.83. The molecule has 1 aliphatic heterocycles. The molecule has 1 aromatic rings. The van der Waals surface area contributed by atoms with E-state index >= 15 is 0 Å². The third-order valence-corrected chi connectivity index (χ3v) is 3.01. The lowest BCUT2D eigenvalue weighted by Crippen LogP contribution is -2.46. The lowest BCUT2D eigenvalue weighted by molar-refractivity contribution is 0.108. The van der Waals surface area contributed by atoms with Crippen molar-refractivity contribution in [3.8, 4) is 0 Å². The van der Waals surface area contributed by atoms with Gasteiger partial charge in [0.05, 0.1) is 6.61 Å². The molecule has 2 heterocycles. The third-order valence-electron chi connectivity index (χ3n) is 3.01. The first kappa shape index (κ1) is 11.5. The summed E-state index contributed by atoms with van der Waals surface area (Å²) in [5, 5.41) is 8.86. The van der Waals surface area contributed by atoms with E-state index in [0.29, 0.717) is 0 Å². The Morgan fingerprint density at radius 3 is 2.56 bits per heavy atom. The van der Waals surface area contributed by atoms with Gasteiger partial charge in [-0.15, -0.1) is 0 Å². The zero-order chi connectivity index (χ0) is 11.2. The maximum Gasteiger partial charge on any atom is 0.0558 e. The minimum Gasteiger partial charge on any atom is -0.395 e. The van der Waals surface area contributed by atoms with Crippen LogP contribution in [0.3, 0.4) is 0 Å². The van der Waals surface area contributed by atoms with Crippen LogP contribution in [0.4, 0.5) is 0 Å². The van der Waals surface area contributed by atoms with E-state index < -0.39 is 0 Å². The number of hydrogen-bond acceptors (Lipinski definition) is 4. The maximum atomic E-state index is 8.86. The molecule has 0 bridgehead atoms. The smallest absolute Gasteiger partial charge is 0.0558 e. The summed E-state index contributed by atoms with van der Waals surface area (Å²) in [6.07, 6.45) is 3.74. The Hall–Kier alpha value is -0.970. The van der Waals surface area contributed by atoms with Crippen LogP contribution in [0, 0.1) is 0 Å².